The van der Waals surface area contributed by atoms with Gasteiger partial charge in [0.15, 0.2) is 11.6 Å². The number of carboxylic acids is 1. The van der Waals surface area contributed by atoms with Crippen molar-refractivity contribution in [3.05, 3.63) is 102 Å². The van der Waals surface area contributed by atoms with E-state index in [1.54, 1.807) is 0 Å². The Balaban J connectivity index is 1.10. The van der Waals surface area contributed by atoms with Gasteiger partial charge in [-0.2, -0.15) is 0 Å². The Bertz CT molecular complexity index is 1780. The second-order valence-corrected chi connectivity index (χ2v) is 14.5. The lowest BCUT2D eigenvalue weighted by atomic mass is 9.89. The second-order valence-electron chi connectivity index (χ2n) is 14.5. The van der Waals surface area contributed by atoms with Gasteiger partial charge < -0.3 is 14.7 Å². The van der Waals surface area contributed by atoms with Crippen molar-refractivity contribution in [1.29, 1.82) is 0 Å². The number of carbonyl (C=O) groups excluding carboxylic acids is 2. The molecular formula is C43H49N3O5. The minimum atomic E-state index is -1.00. The number of carboxylic acid groups (broad SMARTS) is 1. The second kappa shape index (κ2) is 16.4. The first kappa shape index (κ1) is 36.0. The highest BCUT2D eigenvalue weighted by atomic mass is 16.5. The highest BCUT2D eigenvalue weighted by Gasteiger charge is 2.39. The zero-order valence-electron chi connectivity index (χ0n) is 29.9. The number of benzene rings is 3. The number of aliphatic carboxylic acids is 1. The van der Waals surface area contributed by atoms with E-state index in [1.165, 1.54) is 36.1 Å². The van der Waals surface area contributed by atoms with Gasteiger partial charge in [-0.15, -0.1) is 0 Å². The number of ketones is 1. The average molecular weight is 688 g/mol. The molecule has 0 radical (unpaired) electrons. The Hall–Kier alpha value is -4.85. The molecule has 1 N–H and O–H groups in total. The molecule has 51 heavy (non-hydrogen) atoms. The Kier molecular flexibility index (Phi) is 11.6. The van der Waals surface area contributed by atoms with Crippen molar-refractivity contribution in [1.82, 2.24) is 14.9 Å². The standard InChI is InChI=1S/C43H49N3O5/c1-3-4-5-6-7-25-51-37-20-16-31(17-21-37)35-28-44-40(45-29-35)33-12-10-30(11-13-33)26-34(41(48)46-24-8-9-38(46)42(49)50)27-39(47)32-14-18-36(19-15-32)43(2)22-23-43/h10-21,28-29,34,38H,3-9,22-27H2,1-2H3,(H,49,50)/t34-,38+/m1/s1. The van der Waals surface area contributed by atoms with Crippen LogP contribution in [0.15, 0.2) is 85.2 Å². The third-order valence-corrected chi connectivity index (χ3v) is 10.6. The van der Waals surface area contributed by atoms with Gasteiger partial charge in [0.05, 0.1) is 6.61 Å². The van der Waals surface area contributed by atoms with Gasteiger partial charge >= 0.3 is 5.97 Å². The van der Waals surface area contributed by atoms with E-state index in [4.69, 9.17) is 4.74 Å². The minimum Gasteiger partial charge on any atom is -0.494 e. The number of hydrogen-bond donors (Lipinski definition) is 1. The van der Waals surface area contributed by atoms with Gasteiger partial charge in [0, 0.05) is 48.0 Å². The zero-order chi connectivity index (χ0) is 35.8. The van der Waals surface area contributed by atoms with Crippen LogP contribution in [-0.2, 0) is 21.4 Å². The Labute approximate surface area is 301 Å². The quantitative estimate of drug-likeness (QED) is 0.0873. The minimum absolute atomic E-state index is 0.0107. The summed E-state index contributed by atoms with van der Waals surface area (Å²) in [4.78, 5) is 50.0. The Morgan fingerprint density at radius 2 is 1.53 bits per heavy atom. The van der Waals surface area contributed by atoms with E-state index in [2.05, 4.69) is 23.8 Å². The summed E-state index contributed by atoms with van der Waals surface area (Å²) in [5.41, 5.74) is 5.64. The van der Waals surface area contributed by atoms with E-state index in [0.717, 1.165) is 53.9 Å². The van der Waals surface area contributed by atoms with Crippen molar-refractivity contribution in [2.75, 3.05) is 13.2 Å². The summed E-state index contributed by atoms with van der Waals surface area (Å²) in [6, 6.07) is 22.6. The average Bonchev–Trinajstić information content (AvgIpc) is 3.71. The number of amides is 1. The predicted octanol–water partition coefficient (Wildman–Crippen LogP) is 8.72. The highest BCUT2D eigenvalue weighted by Crippen LogP contribution is 2.47. The van der Waals surface area contributed by atoms with Crippen LogP contribution in [0.25, 0.3) is 22.5 Å². The molecule has 1 aliphatic heterocycles. The van der Waals surface area contributed by atoms with Crippen molar-refractivity contribution >= 4 is 17.7 Å². The van der Waals surface area contributed by atoms with E-state index in [1.807, 2.05) is 85.2 Å². The van der Waals surface area contributed by atoms with E-state index < -0.39 is 17.9 Å². The van der Waals surface area contributed by atoms with Crippen LogP contribution in [0, 0.1) is 5.92 Å². The first-order valence-corrected chi connectivity index (χ1v) is 18.6. The fraction of sp³-hybridized carbons (Fsp3) is 0.419. The molecule has 2 heterocycles. The maximum atomic E-state index is 13.9. The van der Waals surface area contributed by atoms with Crippen LogP contribution < -0.4 is 4.74 Å². The molecule has 2 atom stereocenters. The molecule has 2 aliphatic rings. The summed E-state index contributed by atoms with van der Waals surface area (Å²) >= 11 is 0. The van der Waals surface area contributed by atoms with Crippen molar-refractivity contribution in [2.24, 2.45) is 5.92 Å². The molecule has 0 bridgehead atoms. The summed E-state index contributed by atoms with van der Waals surface area (Å²) in [6.45, 7) is 5.56. The third-order valence-electron chi connectivity index (χ3n) is 10.6. The molecule has 2 fully saturated rings. The topological polar surface area (TPSA) is 110 Å². The lowest BCUT2D eigenvalue weighted by molar-refractivity contribution is -0.149. The number of unbranched alkanes of at least 4 members (excludes halogenated alkanes) is 4. The molecule has 3 aromatic carbocycles. The number of ether oxygens (including phenoxy) is 1. The van der Waals surface area contributed by atoms with Crippen molar-refractivity contribution in [3.63, 3.8) is 0 Å². The van der Waals surface area contributed by atoms with Gasteiger partial charge in [0.25, 0.3) is 0 Å². The normalized spacial score (nSPS) is 16.8. The summed E-state index contributed by atoms with van der Waals surface area (Å²) in [7, 11) is 0. The highest BCUT2D eigenvalue weighted by molar-refractivity contribution is 5.99. The Morgan fingerprint density at radius 3 is 2.18 bits per heavy atom. The molecule has 1 aromatic heterocycles. The molecule has 0 unspecified atom stereocenters. The smallest absolute Gasteiger partial charge is 0.326 e. The molecule has 1 aliphatic carbocycles. The number of Topliss-reactive ketones (excluding diaryl/α,β-unsaturated/α-hetero) is 1. The van der Waals surface area contributed by atoms with E-state index >= 15 is 0 Å². The first-order valence-electron chi connectivity index (χ1n) is 18.6. The third kappa shape index (κ3) is 9.09. The summed E-state index contributed by atoms with van der Waals surface area (Å²) in [5, 5.41) is 9.77. The molecule has 0 spiro atoms. The molecule has 1 saturated carbocycles. The molecular weight excluding hydrogens is 638 g/mol. The molecule has 266 valence electrons. The van der Waals surface area contributed by atoms with Crippen LogP contribution in [0.2, 0.25) is 0 Å². The molecule has 8 heteroatoms. The van der Waals surface area contributed by atoms with Gasteiger partial charge in [0.2, 0.25) is 5.91 Å². The van der Waals surface area contributed by atoms with Gasteiger partial charge in [0.1, 0.15) is 11.8 Å². The summed E-state index contributed by atoms with van der Waals surface area (Å²) in [5.74, 6) is -0.625. The van der Waals surface area contributed by atoms with Gasteiger partial charge in [-0.05, 0) is 72.8 Å². The molecule has 4 aromatic rings. The van der Waals surface area contributed by atoms with Crippen LogP contribution in [0.1, 0.15) is 99.5 Å². The van der Waals surface area contributed by atoms with E-state index in [9.17, 15) is 19.5 Å². The molecule has 8 nitrogen and oxygen atoms in total. The zero-order valence-corrected chi connectivity index (χ0v) is 29.9. The monoisotopic (exact) mass is 687 g/mol. The maximum Gasteiger partial charge on any atom is 0.326 e. The fourth-order valence-corrected chi connectivity index (χ4v) is 6.98. The number of likely N-dealkylation sites (tertiary alicyclic amines) is 1. The maximum absolute atomic E-state index is 13.9. The largest absolute Gasteiger partial charge is 0.494 e. The van der Waals surface area contributed by atoms with Gasteiger partial charge in [-0.25, -0.2) is 14.8 Å². The fourth-order valence-electron chi connectivity index (χ4n) is 6.98. The number of hydrogen-bond acceptors (Lipinski definition) is 6. The Morgan fingerprint density at radius 1 is 0.863 bits per heavy atom. The van der Waals surface area contributed by atoms with Crippen LogP contribution in [-0.4, -0.2) is 56.8 Å². The summed E-state index contributed by atoms with van der Waals surface area (Å²) < 4.78 is 5.90. The summed E-state index contributed by atoms with van der Waals surface area (Å²) in [6.07, 6.45) is 13.4. The molecule has 1 amide bonds. The van der Waals surface area contributed by atoms with Crippen LogP contribution in [0.4, 0.5) is 0 Å². The van der Waals surface area contributed by atoms with Crippen molar-refractivity contribution in [2.45, 2.75) is 95.9 Å². The van der Waals surface area contributed by atoms with Crippen LogP contribution in [0.5, 0.6) is 5.75 Å². The van der Waals surface area contributed by atoms with Crippen molar-refractivity contribution < 1.29 is 24.2 Å². The van der Waals surface area contributed by atoms with Crippen molar-refractivity contribution in [3.8, 4) is 28.3 Å². The molecule has 1 saturated heterocycles. The van der Waals surface area contributed by atoms with E-state index in [-0.39, 0.29) is 23.5 Å². The van der Waals surface area contributed by atoms with Gasteiger partial charge in [-0.1, -0.05) is 100 Å². The van der Waals surface area contributed by atoms with Crippen LogP contribution in [0.3, 0.4) is 0 Å². The SMILES string of the molecule is CCCCCCCOc1ccc(-c2cnc(-c3ccc(C[C@H](CC(=O)c4ccc(C5(C)CC5)cc4)C(=O)N4CCC[C@H]4C(=O)O)cc3)nc2)cc1. The number of aromatic nitrogens is 2. The van der Waals surface area contributed by atoms with Crippen LogP contribution >= 0.6 is 0 Å². The van der Waals surface area contributed by atoms with Gasteiger partial charge in [-0.3, -0.25) is 9.59 Å². The lowest BCUT2D eigenvalue weighted by Crippen LogP contribution is -2.44. The molecule has 6 rings (SSSR count). The number of nitrogens with zero attached hydrogens (tertiary/aromatic N) is 3. The van der Waals surface area contributed by atoms with E-state index in [0.29, 0.717) is 37.2 Å². The lowest BCUT2D eigenvalue weighted by Gasteiger charge is -2.27. The number of carbonyl (C=O) groups is 3. The predicted molar refractivity (Wildman–Crippen MR) is 199 cm³/mol. The first-order chi connectivity index (χ1) is 24.7. The number of rotatable bonds is 17.